The van der Waals surface area contributed by atoms with Crippen LogP contribution in [-0.2, 0) is 22.6 Å². The first kappa shape index (κ1) is 23.5. The highest BCUT2D eigenvalue weighted by molar-refractivity contribution is 5.89. The van der Waals surface area contributed by atoms with Crippen LogP contribution in [0.4, 0.5) is 0 Å². The highest BCUT2D eigenvalue weighted by Crippen LogP contribution is 2.21. The van der Waals surface area contributed by atoms with Crippen LogP contribution >= 0.6 is 0 Å². The molecular weight excluding hydrogens is 396 g/mol. The summed E-state index contributed by atoms with van der Waals surface area (Å²) in [5.74, 6) is -0.0858. The van der Waals surface area contributed by atoms with Crippen molar-refractivity contribution in [2.75, 3.05) is 0 Å². The molecule has 32 heavy (non-hydrogen) atoms. The minimum absolute atomic E-state index is 0.00395. The number of fused-ring (bicyclic) bond motifs is 1. The number of rotatable bonds is 9. The van der Waals surface area contributed by atoms with Crippen molar-refractivity contribution in [1.29, 1.82) is 0 Å². The first-order valence-electron chi connectivity index (χ1n) is 11.5. The third-order valence-electron chi connectivity index (χ3n) is 5.78. The highest BCUT2D eigenvalue weighted by Gasteiger charge is 2.28. The smallest absolute Gasteiger partial charge is 0.243 e. The van der Waals surface area contributed by atoms with Crippen molar-refractivity contribution in [2.45, 2.75) is 65.6 Å². The Morgan fingerprint density at radius 1 is 0.938 bits per heavy atom. The zero-order valence-electron chi connectivity index (χ0n) is 19.6. The molecule has 0 unspecified atom stereocenters. The minimum Gasteiger partial charge on any atom is -0.352 e. The summed E-state index contributed by atoms with van der Waals surface area (Å²) in [5, 5.41) is 5.34. The molecule has 0 aliphatic heterocycles. The Labute approximate surface area is 191 Å². The monoisotopic (exact) mass is 430 g/mol. The van der Waals surface area contributed by atoms with Crippen LogP contribution in [0.15, 0.2) is 66.7 Å². The Balaban J connectivity index is 1.82. The van der Waals surface area contributed by atoms with E-state index in [9.17, 15) is 9.59 Å². The van der Waals surface area contributed by atoms with Crippen molar-refractivity contribution in [3.8, 4) is 0 Å². The molecule has 0 spiro atoms. The van der Waals surface area contributed by atoms with E-state index in [0.717, 1.165) is 11.1 Å². The van der Waals surface area contributed by atoms with Gasteiger partial charge in [0.25, 0.3) is 0 Å². The molecule has 0 aliphatic rings. The summed E-state index contributed by atoms with van der Waals surface area (Å²) in [4.78, 5) is 28.1. The van der Waals surface area contributed by atoms with Crippen molar-refractivity contribution >= 4 is 22.6 Å². The summed E-state index contributed by atoms with van der Waals surface area (Å²) in [5.41, 5.74) is 3.36. The van der Waals surface area contributed by atoms with Crippen molar-refractivity contribution < 1.29 is 9.59 Å². The van der Waals surface area contributed by atoms with Gasteiger partial charge in [-0.3, -0.25) is 9.59 Å². The molecule has 3 aromatic rings. The molecule has 3 rings (SSSR count). The Kier molecular flexibility index (Phi) is 8.04. The third-order valence-corrected chi connectivity index (χ3v) is 5.78. The Hall–Kier alpha value is -3.14. The van der Waals surface area contributed by atoms with Gasteiger partial charge in [0.1, 0.15) is 6.04 Å². The average Bonchev–Trinajstić information content (AvgIpc) is 2.78. The minimum atomic E-state index is -0.487. The van der Waals surface area contributed by atoms with Crippen LogP contribution in [0, 0.1) is 6.92 Å². The van der Waals surface area contributed by atoms with Crippen molar-refractivity contribution in [3.05, 3.63) is 83.4 Å². The van der Waals surface area contributed by atoms with Gasteiger partial charge in [0.2, 0.25) is 11.8 Å². The fourth-order valence-corrected chi connectivity index (χ4v) is 4.09. The lowest BCUT2D eigenvalue weighted by atomic mass is 10.00. The van der Waals surface area contributed by atoms with Crippen LogP contribution in [0.3, 0.4) is 0 Å². The zero-order chi connectivity index (χ0) is 23.1. The molecule has 0 aromatic heterocycles. The number of hydrogen-bond acceptors (Lipinski definition) is 2. The van der Waals surface area contributed by atoms with E-state index in [4.69, 9.17) is 0 Å². The topological polar surface area (TPSA) is 49.4 Å². The molecule has 2 amide bonds. The summed E-state index contributed by atoms with van der Waals surface area (Å²) in [6, 6.07) is 22.2. The lowest BCUT2D eigenvalue weighted by molar-refractivity contribution is -0.141. The third kappa shape index (κ3) is 5.97. The van der Waals surface area contributed by atoms with Gasteiger partial charge in [-0.15, -0.1) is 0 Å². The molecule has 0 bridgehead atoms. The quantitative estimate of drug-likeness (QED) is 0.493. The van der Waals surface area contributed by atoms with Crippen molar-refractivity contribution in [2.24, 2.45) is 0 Å². The van der Waals surface area contributed by atoms with Gasteiger partial charge in [0.15, 0.2) is 0 Å². The first-order valence-corrected chi connectivity index (χ1v) is 11.5. The van der Waals surface area contributed by atoms with Gasteiger partial charge in [-0.25, -0.2) is 0 Å². The van der Waals surface area contributed by atoms with E-state index in [1.807, 2.05) is 70.2 Å². The fourth-order valence-electron chi connectivity index (χ4n) is 4.09. The number of carbonyl (C=O) groups is 2. The van der Waals surface area contributed by atoms with E-state index in [0.29, 0.717) is 25.8 Å². The summed E-state index contributed by atoms with van der Waals surface area (Å²) < 4.78 is 0. The van der Waals surface area contributed by atoms with Crippen molar-refractivity contribution in [3.63, 3.8) is 0 Å². The molecule has 0 saturated carbocycles. The fraction of sp³-hybridized carbons (Fsp3) is 0.357. The van der Waals surface area contributed by atoms with E-state index >= 15 is 0 Å². The maximum absolute atomic E-state index is 13.5. The van der Waals surface area contributed by atoms with Gasteiger partial charge in [0, 0.05) is 19.0 Å². The van der Waals surface area contributed by atoms with Gasteiger partial charge < -0.3 is 10.2 Å². The summed E-state index contributed by atoms with van der Waals surface area (Å²) >= 11 is 0. The molecule has 4 heteroatoms. The van der Waals surface area contributed by atoms with Crippen LogP contribution in [0.2, 0.25) is 0 Å². The largest absolute Gasteiger partial charge is 0.352 e. The maximum atomic E-state index is 13.5. The summed E-state index contributed by atoms with van der Waals surface area (Å²) in [7, 11) is 0. The van der Waals surface area contributed by atoms with E-state index in [1.165, 1.54) is 16.3 Å². The zero-order valence-corrected chi connectivity index (χ0v) is 19.6. The van der Waals surface area contributed by atoms with Crippen molar-refractivity contribution in [1.82, 2.24) is 10.2 Å². The average molecular weight is 431 g/mol. The van der Waals surface area contributed by atoms with Gasteiger partial charge >= 0.3 is 0 Å². The molecule has 0 fully saturated rings. The lowest BCUT2D eigenvalue weighted by Crippen LogP contribution is -2.50. The highest BCUT2D eigenvalue weighted by atomic mass is 16.2. The van der Waals surface area contributed by atoms with Crippen LogP contribution in [0.1, 0.15) is 50.3 Å². The van der Waals surface area contributed by atoms with E-state index in [-0.39, 0.29) is 17.9 Å². The number of amides is 2. The molecular formula is C28H34N2O2. The summed E-state index contributed by atoms with van der Waals surface area (Å²) in [6.45, 7) is 8.32. The van der Waals surface area contributed by atoms with Gasteiger partial charge in [-0.05, 0) is 55.5 Å². The molecule has 0 heterocycles. The molecule has 1 atom stereocenters. The van der Waals surface area contributed by atoms with Crippen LogP contribution in [0.25, 0.3) is 10.8 Å². The SMILES string of the molecule is CC[C@H](C(=O)NC(C)C)N(Cc1ccc(C)cc1)C(=O)CCc1cccc2ccccc12. The molecule has 0 saturated heterocycles. The Morgan fingerprint density at radius 3 is 2.31 bits per heavy atom. The van der Waals surface area contributed by atoms with E-state index < -0.39 is 6.04 Å². The molecule has 0 radical (unpaired) electrons. The number of hydrogen-bond donors (Lipinski definition) is 1. The second-order valence-corrected chi connectivity index (χ2v) is 8.73. The number of nitrogens with zero attached hydrogens (tertiary/aromatic N) is 1. The van der Waals surface area contributed by atoms with E-state index in [2.05, 4.69) is 29.6 Å². The number of nitrogens with one attached hydrogen (secondary N) is 1. The molecule has 4 nitrogen and oxygen atoms in total. The number of aryl methyl sites for hydroxylation is 2. The Morgan fingerprint density at radius 2 is 1.62 bits per heavy atom. The second-order valence-electron chi connectivity index (χ2n) is 8.73. The van der Waals surface area contributed by atoms with Crippen LogP contribution in [-0.4, -0.2) is 28.8 Å². The van der Waals surface area contributed by atoms with Crippen LogP contribution in [0.5, 0.6) is 0 Å². The van der Waals surface area contributed by atoms with E-state index in [1.54, 1.807) is 4.90 Å². The predicted octanol–water partition coefficient (Wildman–Crippen LogP) is 5.41. The van der Waals surface area contributed by atoms with Gasteiger partial charge in [-0.2, -0.15) is 0 Å². The summed E-state index contributed by atoms with van der Waals surface area (Å²) in [6.07, 6.45) is 1.59. The maximum Gasteiger partial charge on any atom is 0.243 e. The molecule has 168 valence electrons. The first-order chi connectivity index (χ1) is 15.4. The molecule has 0 aliphatic carbocycles. The van der Waals surface area contributed by atoms with Gasteiger partial charge in [-0.1, -0.05) is 79.2 Å². The molecule has 1 N–H and O–H groups in total. The number of carbonyl (C=O) groups excluding carboxylic acids is 2. The predicted molar refractivity (Wildman–Crippen MR) is 131 cm³/mol. The number of benzene rings is 3. The second kappa shape index (κ2) is 10.9. The Bertz CT molecular complexity index is 1050. The lowest BCUT2D eigenvalue weighted by Gasteiger charge is -2.31. The van der Waals surface area contributed by atoms with Crippen LogP contribution < -0.4 is 5.32 Å². The van der Waals surface area contributed by atoms with Gasteiger partial charge in [0.05, 0.1) is 0 Å². The normalized spacial score (nSPS) is 12.0. The molecule has 3 aromatic carbocycles. The standard InChI is InChI=1S/C28H34N2O2/c1-5-26(28(32)29-20(2)3)30(19-22-15-13-21(4)14-16-22)27(31)18-17-24-11-8-10-23-9-6-7-12-25(23)24/h6-16,20,26H,5,17-19H2,1-4H3,(H,29,32)/t26-/m1/s1.